The molecule has 0 saturated carbocycles. The molecule has 2 rings (SSSR count). The lowest BCUT2D eigenvalue weighted by Gasteiger charge is -2.10. The van der Waals surface area contributed by atoms with Crippen molar-refractivity contribution in [2.75, 3.05) is 7.11 Å². The van der Waals surface area contributed by atoms with Gasteiger partial charge < -0.3 is 15.0 Å². The zero-order valence-electron chi connectivity index (χ0n) is 14.9. The highest BCUT2D eigenvalue weighted by Gasteiger charge is 2.13. The van der Waals surface area contributed by atoms with Crippen LogP contribution >= 0.6 is 11.8 Å². The van der Waals surface area contributed by atoms with E-state index in [1.165, 1.54) is 11.8 Å². The van der Waals surface area contributed by atoms with Gasteiger partial charge in [0.25, 0.3) is 5.56 Å². The highest BCUT2D eigenvalue weighted by atomic mass is 32.2. The van der Waals surface area contributed by atoms with Gasteiger partial charge in [0.15, 0.2) is 5.16 Å². The number of hydrogen-bond acceptors (Lipinski definition) is 5. The summed E-state index contributed by atoms with van der Waals surface area (Å²) in [6.45, 7) is 5.51. The summed E-state index contributed by atoms with van der Waals surface area (Å²) in [6.07, 6.45) is 0.0349. The van der Waals surface area contributed by atoms with Crippen LogP contribution in [0.15, 0.2) is 34.2 Å². The molecule has 6 nitrogen and oxygen atoms in total. The van der Waals surface area contributed by atoms with E-state index in [0.717, 1.165) is 11.3 Å². The molecule has 2 aromatic rings. The molecule has 0 fully saturated rings. The zero-order chi connectivity index (χ0) is 18.4. The van der Waals surface area contributed by atoms with Crippen LogP contribution in [0.2, 0.25) is 0 Å². The first-order valence-electron chi connectivity index (χ1n) is 8.04. The number of rotatable bonds is 7. The van der Waals surface area contributed by atoms with Crippen LogP contribution in [0.4, 0.5) is 0 Å². The molecule has 0 aliphatic carbocycles. The van der Waals surface area contributed by atoms with Gasteiger partial charge in [0.2, 0.25) is 5.91 Å². The summed E-state index contributed by atoms with van der Waals surface area (Å²) in [4.78, 5) is 31.3. The fourth-order valence-corrected chi connectivity index (χ4v) is 3.16. The minimum Gasteiger partial charge on any atom is -0.497 e. The molecule has 2 N–H and O–H groups in total. The summed E-state index contributed by atoms with van der Waals surface area (Å²) in [5.74, 6) is 1.27. The largest absolute Gasteiger partial charge is 0.497 e. The fourth-order valence-electron chi connectivity index (χ4n) is 2.31. The Kier molecular flexibility index (Phi) is 6.64. The maximum Gasteiger partial charge on any atom is 0.255 e. The molecule has 0 spiro atoms. The molecule has 1 aromatic carbocycles. The van der Waals surface area contributed by atoms with Gasteiger partial charge in [-0.1, -0.05) is 23.9 Å². The van der Waals surface area contributed by atoms with Gasteiger partial charge in [-0.3, -0.25) is 9.59 Å². The van der Waals surface area contributed by atoms with Crippen LogP contribution in [0.5, 0.6) is 5.75 Å². The van der Waals surface area contributed by atoms with Crippen LogP contribution in [-0.2, 0) is 17.0 Å². The van der Waals surface area contributed by atoms with Crippen molar-refractivity contribution in [3.05, 3.63) is 51.4 Å². The average Bonchev–Trinajstić information content (AvgIpc) is 2.56. The smallest absolute Gasteiger partial charge is 0.255 e. The van der Waals surface area contributed by atoms with Gasteiger partial charge in [-0.2, -0.15) is 0 Å². The number of benzene rings is 1. The topological polar surface area (TPSA) is 84.1 Å². The fraction of sp³-hybridized carbons (Fsp3) is 0.389. The van der Waals surface area contributed by atoms with Gasteiger partial charge in [-0.15, -0.1) is 0 Å². The Bertz CT molecular complexity index is 802. The van der Waals surface area contributed by atoms with E-state index in [4.69, 9.17) is 4.74 Å². The predicted octanol–water partition coefficient (Wildman–Crippen LogP) is 2.45. The SMILES string of the molecule is COc1cccc(CSc2nc(C)c(CC(=O)NC(C)C)c(=O)[nH]2)c1. The molecule has 0 atom stereocenters. The lowest BCUT2D eigenvalue weighted by Crippen LogP contribution is -2.33. The minimum absolute atomic E-state index is 0.0349. The van der Waals surface area contributed by atoms with Crippen molar-refractivity contribution in [2.24, 2.45) is 0 Å². The third kappa shape index (κ3) is 5.63. The molecule has 0 aliphatic rings. The third-order valence-electron chi connectivity index (χ3n) is 3.50. The highest BCUT2D eigenvalue weighted by molar-refractivity contribution is 7.98. The first kappa shape index (κ1) is 19.1. The Balaban J connectivity index is 2.08. The molecule has 0 unspecified atom stereocenters. The molecule has 0 saturated heterocycles. The number of H-pyrrole nitrogens is 1. The van der Waals surface area contributed by atoms with Crippen molar-refractivity contribution >= 4 is 17.7 Å². The number of nitrogens with one attached hydrogen (secondary N) is 2. The third-order valence-corrected chi connectivity index (χ3v) is 4.44. The number of carbonyl (C=O) groups is 1. The van der Waals surface area contributed by atoms with E-state index in [1.807, 2.05) is 38.1 Å². The summed E-state index contributed by atoms with van der Waals surface area (Å²) in [5.41, 5.74) is 1.80. The van der Waals surface area contributed by atoms with Gasteiger partial charge in [0.05, 0.1) is 13.5 Å². The number of carbonyl (C=O) groups excluding carboxylic acids is 1. The average molecular weight is 361 g/mol. The first-order chi connectivity index (χ1) is 11.9. The monoisotopic (exact) mass is 361 g/mol. The Morgan fingerprint density at radius 1 is 1.40 bits per heavy atom. The second-order valence-electron chi connectivity index (χ2n) is 5.97. The number of nitrogens with zero attached hydrogens (tertiary/aromatic N) is 1. The molecule has 134 valence electrons. The van der Waals surface area contributed by atoms with Gasteiger partial charge in [0, 0.05) is 23.1 Å². The van der Waals surface area contributed by atoms with Gasteiger partial charge in [-0.25, -0.2) is 4.98 Å². The van der Waals surface area contributed by atoms with E-state index in [2.05, 4.69) is 15.3 Å². The van der Waals surface area contributed by atoms with E-state index in [1.54, 1.807) is 14.0 Å². The lowest BCUT2D eigenvalue weighted by atomic mass is 10.1. The molecular formula is C18H23N3O3S. The van der Waals surface area contributed by atoms with E-state index in [-0.39, 0.29) is 23.9 Å². The van der Waals surface area contributed by atoms with Gasteiger partial charge >= 0.3 is 0 Å². The van der Waals surface area contributed by atoms with Crippen molar-refractivity contribution in [2.45, 2.75) is 44.1 Å². The summed E-state index contributed by atoms with van der Waals surface area (Å²) in [6, 6.07) is 7.79. The van der Waals surface area contributed by atoms with Crippen molar-refractivity contribution in [3.8, 4) is 5.75 Å². The second-order valence-corrected chi connectivity index (χ2v) is 6.94. The first-order valence-corrected chi connectivity index (χ1v) is 9.02. The Morgan fingerprint density at radius 3 is 2.80 bits per heavy atom. The number of aryl methyl sites for hydroxylation is 1. The van der Waals surface area contributed by atoms with E-state index in [9.17, 15) is 9.59 Å². The molecule has 1 amide bonds. The van der Waals surface area contributed by atoms with E-state index < -0.39 is 0 Å². The normalized spacial score (nSPS) is 10.8. The number of ether oxygens (including phenoxy) is 1. The molecular weight excluding hydrogens is 338 g/mol. The highest BCUT2D eigenvalue weighted by Crippen LogP contribution is 2.21. The zero-order valence-corrected chi connectivity index (χ0v) is 15.7. The standard InChI is InChI=1S/C18H23N3O3S/c1-11(2)19-16(22)9-15-12(3)20-18(21-17(15)23)25-10-13-6-5-7-14(8-13)24-4/h5-8,11H,9-10H2,1-4H3,(H,19,22)(H,20,21,23). The molecule has 0 aliphatic heterocycles. The van der Waals surface area contributed by atoms with Crippen LogP contribution in [0.25, 0.3) is 0 Å². The van der Waals surface area contributed by atoms with Gasteiger partial charge in [0.1, 0.15) is 5.75 Å². The molecule has 1 aromatic heterocycles. The Morgan fingerprint density at radius 2 is 2.16 bits per heavy atom. The molecule has 7 heteroatoms. The Hall–Kier alpha value is -2.28. The van der Waals surface area contributed by atoms with Crippen molar-refractivity contribution in [3.63, 3.8) is 0 Å². The van der Waals surface area contributed by atoms with E-state index in [0.29, 0.717) is 22.2 Å². The predicted molar refractivity (Wildman–Crippen MR) is 99.1 cm³/mol. The summed E-state index contributed by atoms with van der Waals surface area (Å²) < 4.78 is 5.20. The number of hydrogen-bond donors (Lipinski definition) is 2. The summed E-state index contributed by atoms with van der Waals surface area (Å²) in [7, 11) is 1.63. The number of aromatic nitrogens is 2. The molecule has 0 bridgehead atoms. The molecule has 0 radical (unpaired) electrons. The van der Waals surface area contributed by atoms with Crippen LogP contribution < -0.4 is 15.6 Å². The maximum absolute atomic E-state index is 12.3. The number of thioether (sulfide) groups is 1. The van der Waals surface area contributed by atoms with Crippen LogP contribution in [0.1, 0.15) is 30.7 Å². The number of amides is 1. The summed E-state index contributed by atoms with van der Waals surface area (Å²) in [5, 5.41) is 3.32. The number of aromatic amines is 1. The van der Waals surface area contributed by atoms with Crippen LogP contribution in [0, 0.1) is 6.92 Å². The van der Waals surface area contributed by atoms with Crippen LogP contribution in [-0.4, -0.2) is 29.0 Å². The minimum atomic E-state index is -0.264. The van der Waals surface area contributed by atoms with E-state index >= 15 is 0 Å². The van der Waals surface area contributed by atoms with Crippen LogP contribution in [0.3, 0.4) is 0 Å². The lowest BCUT2D eigenvalue weighted by molar-refractivity contribution is -0.120. The van der Waals surface area contributed by atoms with Gasteiger partial charge in [-0.05, 0) is 38.5 Å². The second kappa shape index (κ2) is 8.71. The maximum atomic E-state index is 12.3. The molecule has 1 heterocycles. The van der Waals surface area contributed by atoms with Crippen molar-refractivity contribution in [1.82, 2.24) is 15.3 Å². The van der Waals surface area contributed by atoms with Crippen molar-refractivity contribution < 1.29 is 9.53 Å². The molecule has 25 heavy (non-hydrogen) atoms. The summed E-state index contributed by atoms with van der Waals surface area (Å²) >= 11 is 1.44. The number of methoxy groups -OCH3 is 1. The Labute approximate surface area is 151 Å². The van der Waals surface area contributed by atoms with Crippen molar-refractivity contribution in [1.29, 1.82) is 0 Å². The quantitative estimate of drug-likeness (QED) is 0.584.